The fourth-order valence-corrected chi connectivity index (χ4v) is 4.60. The summed E-state index contributed by atoms with van der Waals surface area (Å²) in [5, 5.41) is 2.92. The van der Waals surface area contributed by atoms with Crippen molar-refractivity contribution in [3.8, 4) is 5.75 Å². The highest BCUT2D eigenvalue weighted by atomic mass is 32.2. The molecule has 3 rings (SSSR count). The number of anilines is 1. The van der Waals surface area contributed by atoms with Gasteiger partial charge in [0.15, 0.2) is 0 Å². The normalized spacial score (nSPS) is 15.1. The maximum absolute atomic E-state index is 12.3. The van der Waals surface area contributed by atoms with Crippen molar-refractivity contribution in [2.24, 2.45) is 0 Å². The first-order chi connectivity index (χ1) is 15.3. The van der Waals surface area contributed by atoms with E-state index in [4.69, 9.17) is 4.74 Å². The molecule has 0 aliphatic carbocycles. The Balaban J connectivity index is 1.40. The van der Waals surface area contributed by atoms with Crippen LogP contribution >= 0.6 is 0 Å². The lowest BCUT2D eigenvalue weighted by Gasteiger charge is -2.36. The summed E-state index contributed by atoms with van der Waals surface area (Å²) in [7, 11) is 1.17. The molecule has 1 aliphatic rings. The SMILES string of the molecule is COc1ccccc1N1CCN(CCCNC(=O)c2ccc(S(=O)(=O)N(C)C)cc2)CC1. The van der Waals surface area contributed by atoms with E-state index in [1.165, 1.54) is 26.2 Å². The van der Waals surface area contributed by atoms with E-state index in [1.807, 2.05) is 18.2 Å². The van der Waals surface area contributed by atoms with Gasteiger partial charge in [-0.25, -0.2) is 12.7 Å². The van der Waals surface area contributed by atoms with Crippen LogP contribution in [0.1, 0.15) is 16.8 Å². The van der Waals surface area contributed by atoms with Gasteiger partial charge >= 0.3 is 0 Å². The number of nitrogens with zero attached hydrogens (tertiary/aromatic N) is 3. The van der Waals surface area contributed by atoms with Crippen molar-refractivity contribution in [1.29, 1.82) is 0 Å². The van der Waals surface area contributed by atoms with Gasteiger partial charge in [-0.05, 0) is 49.4 Å². The average Bonchev–Trinajstić information content (AvgIpc) is 2.82. The second-order valence-corrected chi connectivity index (χ2v) is 10.1. The van der Waals surface area contributed by atoms with Crippen LogP contribution in [0, 0.1) is 0 Å². The van der Waals surface area contributed by atoms with Gasteiger partial charge in [-0.15, -0.1) is 0 Å². The van der Waals surface area contributed by atoms with E-state index in [2.05, 4.69) is 21.2 Å². The van der Waals surface area contributed by atoms with E-state index >= 15 is 0 Å². The lowest BCUT2D eigenvalue weighted by Crippen LogP contribution is -2.47. The quantitative estimate of drug-likeness (QED) is 0.576. The molecule has 1 fully saturated rings. The summed E-state index contributed by atoms with van der Waals surface area (Å²) in [5.41, 5.74) is 1.58. The first-order valence-corrected chi connectivity index (χ1v) is 12.2. The van der Waals surface area contributed by atoms with Crippen molar-refractivity contribution >= 4 is 21.6 Å². The monoisotopic (exact) mass is 460 g/mol. The molecular weight excluding hydrogens is 428 g/mol. The third kappa shape index (κ3) is 5.79. The van der Waals surface area contributed by atoms with Gasteiger partial charge in [0, 0.05) is 52.4 Å². The summed E-state index contributed by atoms with van der Waals surface area (Å²) in [4.78, 5) is 17.3. The number of ether oxygens (including phenoxy) is 1. The second-order valence-electron chi connectivity index (χ2n) is 7.92. The Labute approximate surface area is 190 Å². The molecule has 0 saturated carbocycles. The molecule has 1 aliphatic heterocycles. The smallest absolute Gasteiger partial charge is 0.251 e. The summed E-state index contributed by atoms with van der Waals surface area (Å²) < 4.78 is 30.9. The highest BCUT2D eigenvalue weighted by Crippen LogP contribution is 2.28. The highest BCUT2D eigenvalue weighted by molar-refractivity contribution is 7.89. The first kappa shape index (κ1) is 24.0. The van der Waals surface area contributed by atoms with Crippen LogP contribution in [0.15, 0.2) is 53.4 Å². The minimum absolute atomic E-state index is 0.173. The van der Waals surface area contributed by atoms with Crippen LogP contribution in [0.5, 0.6) is 5.75 Å². The van der Waals surface area contributed by atoms with Gasteiger partial charge < -0.3 is 15.0 Å². The summed E-state index contributed by atoms with van der Waals surface area (Å²) in [6.45, 7) is 5.30. The summed E-state index contributed by atoms with van der Waals surface area (Å²) in [5.74, 6) is 0.704. The largest absolute Gasteiger partial charge is 0.495 e. The fourth-order valence-electron chi connectivity index (χ4n) is 3.70. The zero-order valence-corrected chi connectivity index (χ0v) is 19.8. The first-order valence-electron chi connectivity index (χ1n) is 10.7. The predicted molar refractivity (Wildman–Crippen MR) is 126 cm³/mol. The maximum Gasteiger partial charge on any atom is 0.251 e. The number of sulfonamides is 1. The van der Waals surface area contributed by atoms with Crippen LogP contribution in [-0.2, 0) is 10.0 Å². The molecule has 1 saturated heterocycles. The molecule has 9 heteroatoms. The van der Waals surface area contributed by atoms with E-state index in [9.17, 15) is 13.2 Å². The minimum Gasteiger partial charge on any atom is -0.495 e. The number of carbonyl (C=O) groups excluding carboxylic acids is 1. The number of benzene rings is 2. The van der Waals surface area contributed by atoms with Crippen LogP contribution in [0.25, 0.3) is 0 Å². The molecule has 1 amide bonds. The molecule has 0 aromatic heterocycles. The topological polar surface area (TPSA) is 82.2 Å². The summed E-state index contributed by atoms with van der Waals surface area (Å²) in [6, 6.07) is 14.1. The number of methoxy groups -OCH3 is 1. The number of hydrogen-bond acceptors (Lipinski definition) is 6. The standard InChI is InChI=1S/C23H32N4O4S/c1-25(2)32(29,30)20-11-9-19(10-12-20)23(28)24-13-6-14-26-15-17-27(18-16-26)21-7-4-5-8-22(21)31-3/h4-5,7-12H,6,13-18H2,1-3H3,(H,24,28). The third-order valence-corrected chi connectivity index (χ3v) is 7.46. The highest BCUT2D eigenvalue weighted by Gasteiger charge is 2.20. The molecule has 174 valence electrons. The molecule has 0 spiro atoms. The lowest BCUT2D eigenvalue weighted by molar-refractivity contribution is 0.0951. The number of carbonyl (C=O) groups is 1. The van der Waals surface area contributed by atoms with Crippen LogP contribution in [0.3, 0.4) is 0 Å². The zero-order valence-electron chi connectivity index (χ0n) is 19.0. The van der Waals surface area contributed by atoms with Gasteiger partial charge in [0.25, 0.3) is 5.91 Å². The molecule has 1 heterocycles. The number of rotatable bonds is 9. The van der Waals surface area contributed by atoms with Crippen LogP contribution in [-0.4, -0.2) is 84.0 Å². The van der Waals surface area contributed by atoms with Crippen molar-refractivity contribution < 1.29 is 17.9 Å². The number of nitrogens with one attached hydrogen (secondary N) is 1. The lowest BCUT2D eigenvalue weighted by atomic mass is 10.2. The van der Waals surface area contributed by atoms with E-state index in [1.54, 1.807) is 19.2 Å². The van der Waals surface area contributed by atoms with Crippen molar-refractivity contribution in [2.75, 3.05) is 65.4 Å². The molecule has 0 atom stereocenters. The van der Waals surface area contributed by atoms with Gasteiger partial charge in [0.1, 0.15) is 5.75 Å². The van der Waals surface area contributed by atoms with Crippen LogP contribution in [0.2, 0.25) is 0 Å². The van der Waals surface area contributed by atoms with E-state index in [0.717, 1.165) is 54.9 Å². The summed E-state index contributed by atoms with van der Waals surface area (Å²) >= 11 is 0. The maximum atomic E-state index is 12.3. The van der Waals surface area contributed by atoms with Gasteiger partial charge in [-0.2, -0.15) is 0 Å². The van der Waals surface area contributed by atoms with Crippen molar-refractivity contribution in [2.45, 2.75) is 11.3 Å². The van der Waals surface area contributed by atoms with E-state index in [-0.39, 0.29) is 10.8 Å². The summed E-state index contributed by atoms with van der Waals surface area (Å²) in [6.07, 6.45) is 0.855. The molecule has 2 aromatic carbocycles. The Morgan fingerprint density at radius 3 is 2.31 bits per heavy atom. The van der Waals surface area contributed by atoms with E-state index in [0.29, 0.717) is 12.1 Å². The molecule has 1 N–H and O–H groups in total. The number of para-hydroxylation sites is 2. The van der Waals surface area contributed by atoms with Gasteiger partial charge in [-0.1, -0.05) is 12.1 Å². The van der Waals surface area contributed by atoms with Gasteiger partial charge in [-0.3, -0.25) is 9.69 Å². The molecule has 2 aromatic rings. The predicted octanol–water partition coefficient (Wildman–Crippen LogP) is 1.89. The van der Waals surface area contributed by atoms with Gasteiger partial charge in [0.2, 0.25) is 10.0 Å². The van der Waals surface area contributed by atoms with E-state index < -0.39 is 10.0 Å². The Bertz CT molecular complexity index is 1000. The average molecular weight is 461 g/mol. The van der Waals surface area contributed by atoms with Gasteiger partial charge in [0.05, 0.1) is 17.7 Å². The molecular formula is C23H32N4O4S. The Morgan fingerprint density at radius 1 is 1.03 bits per heavy atom. The number of hydrogen-bond donors (Lipinski definition) is 1. The molecule has 0 bridgehead atoms. The molecule has 0 radical (unpaired) electrons. The van der Waals surface area contributed by atoms with Crippen molar-refractivity contribution in [3.63, 3.8) is 0 Å². The Hall–Kier alpha value is -2.62. The molecule has 0 unspecified atom stereocenters. The minimum atomic E-state index is -3.49. The van der Waals surface area contributed by atoms with Crippen molar-refractivity contribution in [1.82, 2.24) is 14.5 Å². The number of piperazine rings is 1. The molecule has 8 nitrogen and oxygen atoms in total. The molecule has 32 heavy (non-hydrogen) atoms. The second kappa shape index (κ2) is 10.8. The Kier molecular flexibility index (Phi) is 8.11. The number of amides is 1. The van der Waals surface area contributed by atoms with Crippen LogP contribution < -0.4 is 15.0 Å². The zero-order chi connectivity index (χ0) is 23.1. The van der Waals surface area contributed by atoms with Crippen LogP contribution in [0.4, 0.5) is 5.69 Å². The van der Waals surface area contributed by atoms with Crippen molar-refractivity contribution in [3.05, 3.63) is 54.1 Å². The third-order valence-electron chi connectivity index (χ3n) is 5.63. The Morgan fingerprint density at radius 2 is 1.69 bits per heavy atom. The fraction of sp³-hybridized carbons (Fsp3) is 0.435.